The van der Waals surface area contributed by atoms with E-state index in [9.17, 15) is 4.79 Å². The lowest BCUT2D eigenvalue weighted by atomic mass is 10.0. The van der Waals surface area contributed by atoms with Crippen LogP contribution in [0, 0.1) is 0 Å². The zero-order chi connectivity index (χ0) is 11.7. The monoisotopic (exact) mass is 216 g/mol. The third-order valence-electron chi connectivity index (χ3n) is 2.62. The van der Waals surface area contributed by atoms with Gasteiger partial charge in [-0.1, -0.05) is 13.8 Å². The second kappa shape index (κ2) is 7.65. The molecule has 1 unspecified atom stereocenters. The number of carbonyl (C=O) groups excluding carboxylic acids is 1. The van der Waals surface area contributed by atoms with Gasteiger partial charge < -0.3 is 15.4 Å². The highest BCUT2D eigenvalue weighted by molar-refractivity contribution is 5.84. The molecule has 0 saturated carbocycles. The normalized spacial score (nSPS) is 14.7. The SMILES string of the molecule is CCCNCCNC(=O)C(C)(CC)OC. The Morgan fingerprint density at radius 3 is 2.40 bits per heavy atom. The Bertz CT molecular complexity index is 179. The molecule has 0 heterocycles. The minimum absolute atomic E-state index is 0.0363. The van der Waals surface area contributed by atoms with Gasteiger partial charge >= 0.3 is 0 Å². The lowest BCUT2D eigenvalue weighted by Crippen LogP contribution is -2.47. The van der Waals surface area contributed by atoms with E-state index in [1.165, 1.54) is 0 Å². The summed E-state index contributed by atoms with van der Waals surface area (Å²) in [7, 11) is 1.57. The van der Waals surface area contributed by atoms with Gasteiger partial charge in [0.25, 0.3) is 5.91 Å². The summed E-state index contributed by atoms with van der Waals surface area (Å²) in [6, 6.07) is 0. The molecule has 0 aliphatic carbocycles. The minimum Gasteiger partial charge on any atom is -0.369 e. The molecule has 0 aromatic rings. The molecule has 0 spiro atoms. The molecule has 0 saturated heterocycles. The summed E-state index contributed by atoms with van der Waals surface area (Å²) in [5.74, 6) is -0.0363. The van der Waals surface area contributed by atoms with Crippen LogP contribution in [0.1, 0.15) is 33.6 Å². The zero-order valence-electron chi connectivity index (χ0n) is 10.4. The molecule has 0 aromatic carbocycles. The van der Waals surface area contributed by atoms with Gasteiger partial charge in [0.2, 0.25) is 0 Å². The van der Waals surface area contributed by atoms with E-state index in [0.29, 0.717) is 13.0 Å². The first-order valence-electron chi connectivity index (χ1n) is 5.64. The number of nitrogens with one attached hydrogen (secondary N) is 2. The number of methoxy groups -OCH3 is 1. The number of rotatable bonds is 8. The van der Waals surface area contributed by atoms with Gasteiger partial charge in [0.05, 0.1) is 0 Å². The molecule has 0 aliphatic heterocycles. The van der Waals surface area contributed by atoms with Gasteiger partial charge in [-0.2, -0.15) is 0 Å². The number of hydrogen-bond acceptors (Lipinski definition) is 3. The molecule has 0 aliphatic rings. The Labute approximate surface area is 92.8 Å². The van der Waals surface area contributed by atoms with Crippen LogP contribution in [0.3, 0.4) is 0 Å². The van der Waals surface area contributed by atoms with E-state index in [1.54, 1.807) is 7.11 Å². The summed E-state index contributed by atoms with van der Waals surface area (Å²) in [6.07, 6.45) is 1.79. The first kappa shape index (κ1) is 14.4. The second-order valence-electron chi connectivity index (χ2n) is 3.79. The first-order valence-corrected chi connectivity index (χ1v) is 5.64. The van der Waals surface area contributed by atoms with Crippen molar-refractivity contribution in [2.75, 3.05) is 26.7 Å². The fourth-order valence-electron chi connectivity index (χ4n) is 1.15. The molecular formula is C11H24N2O2. The first-order chi connectivity index (χ1) is 7.10. The molecule has 0 bridgehead atoms. The van der Waals surface area contributed by atoms with Crippen LogP contribution >= 0.6 is 0 Å². The van der Waals surface area contributed by atoms with Crippen molar-refractivity contribution >= 4 is 5.91 Å². The molecule has 0 radical (unpaired) electrons. The van der Waals surface area contributed by atoms with Crippen molar-refractivity contribution < 1.29 is 9.53 Å². The van der Waals surface area contributed by atoms with Gasteiger partial charge in [-0.3, -0.25) is 4.79 Å². The topological polar surface area (TPSA) is 50.4 Å². The van der Waals surface area contributed by atoms with Crippen molar-refractivity contribution in [3.8, 4) is 0 Å². The van der Waals surface area contributed by atoms with E-state index in [2.05, 4.69) is 17.6 Å². The summed E-state index contributed by atoms with van der Waals surface area (Å²) in [4.78, 5) is 11.7. The Morgan fingerprint density at radius 1 is 1.27 bits per heavy atom. The summed E-state index contributed by atoms with van der Waals surface area (Å²) >= 11 is 0. The molecule has 4 nitrogen and oxygen atoms in total. The van der Waals surface area contributed by atoms with Crippen LogP contribution in [0.2, 0.25) is 0 Å². The fraction of sp³-hybridized carbons (Fsp3) is 0.909. The Hall–Kier alpha value is -0.610. The zero-order valence-corrected chi connectivity index (χ0v) is 10.4. The maximum absolute atomic E-state index is 11.7. The minimum atomic E-state index is -0.690. The van der Waals surface area contributed by atoms with Crippen LogP contribution in [0.25, 0.3) is 0 Å². The lowest BCUT2D eigenvalue weighted by Gasteiger charge is -2.25. The summed E-state index contributed by atoms with van der Waals surface area (Å²) in [5.41, 5.74) is -0.690. The summed E-state index contributed by atoms with van der Waals surface area (Å²) < 4.78 is 5.19. The van der Waals surface area contributed by atoms with Crippen LogP contribution in [0.15, 0.2) is 0 Å². The van der Waals surface area contributed by atoms with Crippen molar-refractivity contribution in [2.45, 2.75) is 39.2 Å². The van der Waals surface area contributed by atoms with Crippen LogP contribution in [-0.2, 0) is 9.53 Å². The predicted octanol–water partition coefficient (Wildman–Crippen LogP) is 0.917. The Morgan fingerprint density at radius 2 is 1.93 bits per heavy atom. The average Bonchev–Trinajstić information content (AvgIpc) is 2.27. The Kier molecular flexibility index (Phi) is 7.34. The second-order valence-corrected chi connectivity index (χ2v) is 3.79. The van der Waals surface area contributed by atoms with Crippen LogP contribution in [-0.4, -0.2) is 38.3 Å². The highest BCUT2D eigenvalue weighted by Gasteiger charge is 2.30. The summed E-state index contributed by atoms with van der Waals surface area (Å²) in [6.45, 7) is 8.32. The van der Waals surface area contributed by atoms with E-state index >= 15 is 0 Å². The van der Waals surface area contributed by atoms with E-state index in [0.717, 1.165) is 19.5 Å². The van der Waals surface area contributed by atoms with Gasteiger partial charge in [-0.25, -0.2) is 0 Å². The largest absolute Gasteiger partial charge is 0.369 e. The van der Waals surface area contributed by atoms with Crippen molar-refractivity contribution in [3.63, 3.8) is 0 Å². The van der Waals surface area contributed by atoms with Crippen LogP contribution in [0.4, 0.5) is 0 Å². The molecule has 15 heavy (non-hydrogen) atoms. The van der Waals surface area contributed by atoms with Crippen LogP contribution < -0.4 is 10.6 Å². The molecule has 0 fully saturated rings. The number of amides is 1. The van der Waals surface area contributed by atoms with Crippen LogP contribution in [0.5, 0.6) is 0 Å². The van der Waals surface area contributed by atoms with E-state index < -0.39 is 5.60 Å². The third-order valence-corrected chi connectivity index (χ3v) is 2.62. The maximum Gasteiger partial charge on any atom is 0.251 e. The third kappa shape index (κ3) is 5.14. The highest BCUT2D eigenvalue weighted by Crippen LogP contribution is 2.13. The van der Waals surface area contributed by atoms with E-state index in [-0.39, 0.29) is 5.91 Å². The Balaban J connectivity index is 3.73. The maximum atomic E-state index is 11.7. The predicted molar refractivity (Wildman–Crippen MR) is 61.9 cm³/mol. The number of ether oxygens (including phenoxy) is 1. The number of hydrogen-bond donors (Lipinski definition) is 2. The summed E-state index contributed by atoms with van der Waals surface area (Å²) in [5, 5.41) is 6.08. The van der Waals surface area contributed by atoms with Gasteiger partial charge in [-0.15, -0.1) is 0 Å². The quantitative estimate of drug-likeness (QED) is 0.593. The molecule has 1 amide bonds. The molecule has 2 N–H and O–H groups in total. The highest BCUT2D eigenvalue weighted by atomic mass is 16.5. The van der Waals surface area contributed by atoms with Gasteiger partial charge in [0.15, 0.2) is 0 Å². The van der Waals surface area contributed by atoms with Gasteiger partial charge in [-0.05, 0) is 26.3 Å². The van der Waals surface area contributed by atoms with E-state index in [1.807, 2.05) is 13.8 Å². The molecular weight excluding hydrogens is 192 g/mol. The fourth-order valence-corrected chi connectivity index (χ4v) is 1.15. The van der Waals surface area contributed by atoms with Gasteiger partial charge in [0.1, 0.15) is 5.60 Å². The van der Waals surface area contributed by atoms with Crippen molar-refractivity contribution in [2.24, 2.45) is 0 Å². The average molecular weight is 216 g/mol. The molecule has 0 aromatic heterocycles. The molecule has 4 heteroatoms. The molecule has 90 valence electrons. The molecule has 1 atom stereocenters. The van der Waals surface area contributed by atoms with Crippen molar-refractivity contribution in [3.05, 3.63) is 0 Å². The molecule has 0 rings (SSSR count). The number of carbonyl (C=O) groups is 1. The smallest absolute Gasteiger partial charge is 0.251 e. The lowest BCUT2D eigenvalue weighted by molar-refractivity contribution is -0.141. The standard InChI is InChI=1S/C11H24N2O2/c1-5-7-12-8-9-13-10(14)11(3,6-2)15-4/h12H,5-9H2,1-4H3,(H,13,14). The van der Waals surface area contributed by atoms with Crippen molar-refractivity contribution in [1.82, 2.24) is 10.6 Å². The van der Waals surface area contributed by atoms with Crippen molar-refractivity contribution in [1.29, 1.82) is 0 Å². The van der Waals surface area contributed by atoms with Gasteiger partial charge in [0, 0.05) is 20.2 Å². The van der Waals surface area contributed by atoms with E-state index in [4.69, 9.17) is 4.74 Å².